The second-order valence-corrected chi connectivity index (χ2v) is 4.76. The van der Waals surface area contributed by atoms with Crippen molar-refractivity contribution in [2.75, 3.05) is 45.3 Å². The van der Waals surface area contributed by atoms with E-state index in [1.54, 1.807) is 7.11 Å². The van der Waals surface area contributed by atoms with Gasteiger partial charge in [-0.05, 0) is 25.6 Å². The summed E-state index contributed by atoms with van der Waals surface area (Å²) in [5, 5.41) is 9.12. The molecule has 1 aliphatic rings. The topological polar surface area (TPSA) is 35.9 Å². The summed E-state index contributed by atoms with van der Waals surface area (Å²) < 4.78 is 5.42. The molecule has 4 nitrogen and oxygen atoms in total. The Kier molecular flexibility index (Phi) is 4.44. The first-order valence-corrected chi connectivity index (χ1v) is 6.45. The Morgan fingerprint density at radius 1 is 1.33 bits per heavy atom. The van der Waals surface area contributed by atoms with Crippen molar-refractivity contribution in [2.45, 2.75) is 12.5 Å². The minimum Gasteiger partial charge on any atom is -0.495 e. The quantitative estimate of drug-likeness (QED) is 0.871. The van der Waals surface area contributed by atoms with Gasteiger partial charge in [-0.1, -0.05) is 12.1 Å². The van der Waals surface area contributed by atoms with E-state index < -0.39 is 0 Å². The molecule has 1 aromatic carbocycles. The minimum atomic E-state index is 0.245. The molecule has 1 aliphatic heterocycles. The van der Waals surface area contributed by atoms with Crippen LogP contribution in [0.2, 0.25) is 0 Å². The molecule has 1 heterocycles. The zero-order valence-corrected chi connectivity index (χ0v) is 11.2. The number of nitrogens with zero attached hydrogens (tertiary/aromatic N) is 2. The van der Waals surface area contributed by atoms with Crippen LogP contribution in [0, 0.1) is 0 Å². The second kappa shape index (κ2) is 6.07. The second-order valence-electron chi connectivity index (χ2n) is 4.76. The first kappa shape index (κ1) is 13.2. The van der Waals surface area contributed by atoms with Crippen LogP contribution in [-0.4, -0.2) is 56.4 Å². The minimum absolute atomic E-state index is 0.245. The number of methoxy groups -OCH3 is 1. The number of aliphatic hydroxyl groups is 1. The fourth-order valence-electron chi connectivity index (χ4n) is 2.52. The highest BCUT2D eigenvalue weighted by Crippen LogP contribution is 2.29. The van der Waals surface area contributed by atoms with Gasteiger partial charge >= 0.3 is 0 Å². The lowest BCUT2D eigenvalue weighted by Gasteiger charge is -2.40. The molecule has 0 amide bonds. The number of piperazine rings is 1. The molecule has 0 bridgehead atoms. The van der Waals surface area contributed by atoms with E-state index >= 15 is 0 Å². The molecule has 0 radical (unpaired) electrons. The molecule has 4 heteroatoms. The molecule has 0 spiro atoms. The van der Waals surface area contributed by atoms with E-state index in [9.17, 15) is 0 Å². The van der Waals surface area contributed by atoms with Crippen molar-refractivity contribution in [3.8, 4) is 5.75 Å². The SMILES string of the molecule is COc1ccccc1N1CCN(C)C(CCO)C1. The van der Waals surface area contributed by atoms with Crippen molar-refractivity contribution < 1.29 is 9.84 Å². The summed E-state index contributed by atoms with van der Waals surface area (Å²) in [6.07, 6.45) is 0.822. The van der Waals surface area contributed by atoms with Gasteiger partial charge in [0.05, 0.1) is 12.8 Å². The molecule has 18 heavy (non-hydrogen) atoms. The number of para-hydroxylation sites is 2. The van der Waals surface area contributed by atoms with Crippen molar-refractivity contribution in [2.24, 2.45) is 0 Å². The molecule has 1 aromatic rings. The van der Waals surface area contributed by atoms with Crippen LogP contribution in [0.15, 0.2) is 24.3 Å². The zero-order valence-electron chi connectivity index (χ0n) is 11.2. The van der Waals surface area contributed by atoms with E-state index in [0.29, 0.717) is 6.04 Å². The largest absolute Gasteiger partial charge is 0.495 e. The molecule has 2 rings (SSSR count). The smallest absolute Gasteiger partial charge is 0.142 e. The normalized spacial score (nSPS) is 21.1. The van der Waals surface area contributed by atoms with Crippen LogP contribution < -0.4 is 9.64 Å². The lowest BCUT2D eigenvalue weighted by atomic mass is 10.1. The van der Waals surface area contributed by atoms with Crippen LogP contribution in [-0.2, 0) is 0 Å². The third kappa shape index (κ3) is 2.76. The lowest BCUT2D eigenvalue weighted by molar-refractivity contribution is 0.170. The van der Waals surface area contributed by atoms with Crippen molar-refractivity contribution in [1.29, 1.82) is 0 Å². The Balaban J connectivity index is 2.13. The third-order valence-electron chi connectivity index (χ3n) is 3.67. The van der Waals surface area contributed by atoms with Crippen LogP contribution in [0.1, 0.15) is 6.42 Å². The van der Waals surface area contributed by atoms with Crippen molar-refractivity contribution in [1.82, 2.24) is 4.90 Å². The Morgan fingerprint density at radius 3 is 2.83 bits per heavy atom. The standard InChI is InChI=1S/C14H22N2O2/c1-15-8-9-16(11-12(15)7-10-17)13-5-3-4-6-14(13)18-2/h3-6,12,17H,7-11H2,1-2H3. The maximum atomic E-state index is 9.12. The zero-order chi connectivity index (χ0) is 13.0. The third-order valence-corrected chi connectivity index (χ3v) is 3.67. The molecule has 1 N–H and O–H groups in total. The molecule has 1 saturated heterocycles. The van der Waals surface area contributed by atoms with E-state index in [1.807, 2.05) is 18.2 Å². The van der Waals surface area contributed by atoms with Crippen LogP contribution in [0.25, 0.3) is 0 Å². The Morgan fingerprint density at radius 2 is 2.11 bits per heavy atom. The fraction of sp³-hybridized carbons (Fsp3) is 0.571. The number of hydrogen-bond donors (Lipinski definition) is 1. The number of ether oxygens (including phenoxy) is 1. The summed E-state index contributed by atoms with van der Waals surface area (Å²) in [5.74, 6) is 0.921. The number of aliphatic hydroxyl groups excluding tert-OH is 1. The average molecular weight is 250 g/mol. The summed E-state index contributed by atoms with van der Waals surface area (Å²) in [5.41, 5.74) is 1.15. The van der Waals surface area contributed by atoms with Gasteiger partial charge < -0.3 is 14.7 Å². The van der Waals surface area contributed by atoms with Crippen LogP contribution in [0.4, 0.5) is 5.69 Å². The van der Waals surface area contributed by atoms with Gasteiger partial charge in [-0.3, -0.25) is 4.90 Å². The number of benzene rings is 1. The number of likely N-dealkylation sites (N-methyl/N-ethyl adjacent to an activating group) is 1. The Hall–Kier alpha value is -1.26. The van der Waals surface area contributed by atoms with Crippen molar-refractivity contribution in [3.63, 3.8) is 0 Å². The van der Waals surface area contributed by atoms with Crippen molar-refractivity contribution in [3.05, 3.63) is 24.3 Å². The molecular weight excluding hydrogens is 228 g/mol. The first-order chi connectivity index (χ1) is 8.76. The summed E-state index contributed by atoms with van der Waals surface area (Å²) in [6.45, 7) is 3.20. The van der Waals surface area contributed by atoms with E-state index in [0.717, 1.165) is 37.5 Å². The Bertz CT molecular complexity index is 384. The van der Waals surface area contributed by atoms with Crippen LogP contribution in [0.5, 0.6) is 5.75 Å². The maximum absolute atomic E-state index is 9.12. The monoisotopic (exact) mass is 250 g/mol. The van der Waals surface area contributed by atoms with E-state index in [-0.39, 0.29) is 6.61 Å². The molecule has 1 atom stereocenters. The predicted octanol–water partition coefficient (Wildman–Crippen LogP) is 1.20. The fourth-order valence-corrected chi connectivity index (χ4v) is 2.52. The maximum Gasteiger partial charge on any atom is 0.142 e. The number of anilines is 1. The molecule has 0 aliphatic carbocycles. The average Bonchev–Trinajstić information content (AvgIpc) is 2.41. The van der Waals surface area contributed by atoms with Gasteiger partial charge in [0.2, 0.25) is 0 Å². The molecule has 1 fully saturated rings. The van der Waals surface area contributed by atoms with Gasteiger partial charge in [0.25, 0.3) is 0 Å². The van der Waals surface area contributed by atoms with Gasteiger partial charge in [0, 0.05) is 32.3 Å². The van der Waals surface area contributed by atoms with E-state index in [4.69, 9.17) is 9.84 Å². The summed E-state index contributed by atoms with van der Waals surface area (Å²) >= 11 is 0. The van der Waals surface area contributed by atoms with Gasteiger partial charge in [-0.25, -0.2) is 0 Å². The highest BCUT2D eigenvalue weighted by Gasteiger charge is 2.25. The molecular formula is C14H22N2O2. The van der Waals surface area contributed by atoms with Gasteiger partial charge in [-0.2, -0.15) is 0 Å². The van der Waals surface area contributed by atoms with Gasteiger partial charge in [0.15, 0.2) is 0 Å². The van der Waals surface area contributed by atoms with Crippen LogP contribution >= 0.6 is 0 Å². The van der Waals surface area contributed by atoms with E-state index in [2.05, 4.69) is 22.9 Å². The Labute approximate surface area is 109 Å². The molecule has 0 saturated carbocycles. The van der Waals surface area contributed by atoms with Crippen molar-refractivity contribution >= 4 is 5.69 Å². The van der Waals surface area contributed by atoms with Gasteiger partial charge in [-0.15, -0.1) is 0 Å². The molecule has 1 unspecified atom stereocenters. The van der Waals surface area contributed by atoms with Crippen LogP contribution in [0.3, 0.4) is 0 Å². The van der Waals surface area contributed by atoms with Gasteiger partial charge in [0.1, 0.15) is 5.75 Å². The molecule has 100 valence electrons. The number of hydrogen-bond acceptors (Lipinski definition) is 4. The highest BCUT2D eigenvalue weighted by molar-refractivity contribution is 5.58. The molecule has 0 aromatic heterocycles. The lowest BCUT2D eigenvalue weighted by Crippen LogP contribution is -2.51. The predicted molar refractivity (Wildman–Crippen MR) is 73.3 cm³/mol. The summed E-state index contributed by atoms with van der Waals surface area (Å²) in [6, 6.07) is 8.53. The number of rotatable bonds is 4. The highest BCUT2D eigenvalue weighted by atomic mass is 16.5. The first-order valence-electron chi connectivity index (χ1n) is 6.45. The summed E-state index contributed by atoms with van der Waals surface area (Å²) in [7, 11) is 3.83. The van der Waals surface area contributed by atoms with E-state index in [1.165, 1.54) is 0 Å². The summed E-state index contributed by atoms with van der Waals surface area (Å²) in [4.78, 5) is 4.67.